The lowest BCUT2D eigenvalue weighted by Gasteiger charge is -2.41. The average molecular weight is 424 g/mol. The van der Waals surface area contributed by atoms with Crippen LogP contribution in [0.1, 0.15) is 75.4 Å². The highest BCUT2D eigenvalue weighted by Gasteiger charge is 2.37. The monoisotopic (exact) mass is 423 g/mol. The number of hydrogen-bond donors (Lipinski definition) is 5. The van der Waals surface area contributed by atoms with Crippen LogP contribution in [0.5, 0.6) is 0 Å². The van der Waals surface area contributed by atoms with Crippen LogP contribution in [0.4, 0.5) is 11.6 Å². The summed E-state index contributed by atoms with van der Waals surface area (Å²) in [5.74, 6) is -0.373. The summed E-state index contributed by atoms with van der Waals surface area (Å²) in [4.78, 5) is 34.0. The van der Waals surface area contributed by atoms with Gasteiger partial charge >= 0.3 is 0 Å². The number of aromatic nitrogens is 2. The fourth-order valence-corrected chi connectivity index (χ4v) is 3.49. The van der Waals surface area contributed by atoms with Crippen molar-refractivity contribution < 1.29 is 14.8 Å². The van der Waals surface area contributed by atoms with E-state index >= 15 is 0 Å². The summed E-state index contributed by atoms with van der Waals surface area (Å²) in [5.41, 5.74) is -0.946. The first-order valence-electron chi connectivity index (χ1n) is 10.3. The summed E-state index contributed by atoms with van der Waals surface area (Å²) in [6.45, 7) is 12.4. The molecule has 1 aromatic rings. The molecule has 1 heterocycles. The van der Waals surface area contributed by atoms with Crippen molar-refractivity contribution in [2.75, 3.05) is 37.8 Å². The molecule has 0 aliphatic rings. The molecular formula is C20H37N7O3. The molecule has 0 saturated carbocycles. The molecule has 1 rings (SSSR count). The predicted octanol–water partition coefficient (Wildman–Crippen LogP) is 2.09. The molecule has 0 bridgehead atoms. The Morgan fingerprint density at radius 2 is 1.47 bits per heavy atom. The molecule has 170 valence electrons. The van der Waals surface area contributed by atoms with E-state index in [1.807, 2.05) is 41.5 Å². The molecular weight excluding hydrogens is 386 g/mol. The van der Waals surface area contributed by atoms with Gasteiger partial charge in [-0.25, -0.2) is 9.97 Å². The molecule has 1 atom stereocenters. The second-order valence-electron chi connectivity index (χ2n) is 8.06. The Kier molecular flexibility index (Phi) is 8.98. The standard InChI is InChI=1S/C20H37N7O3/c1-9-20(6,27(30)11-3)12-19(4,5)26-18(29)14-16(22-8)24-13(15(21-7)25-14)17(28)23-10-2/h30H,9-12H2,1-8H3,(H,21,25)(H,22,24)(H,23,28)(H,26,29). The smallest absolute Gasteiger partial charge is 0.274 e. The Labute approximate surface area is 179 Å². The van der Waals surface area contributed by atoms with Crippen LogP contribution >= 0.6 is 0 Å². The number of nitrogens with zero attached hydrogens (tertiary/aromatic N) is 3. The van der Waals surface area contributed by atoms with Gasteiger partial charge in [0.25, 0.3) is 11.8 Å². The molecule has 1 unspecified atom stereocenters. The van der Waals surface area contributed by atoms with E-state index in [0.29, 0.717) is 25.9 Å². The lowest BCUT2D eigenvalue weighted by atomic mass is 9.83. The molecule has 10 heteroatoms. The van der Waals surface area contributed by atoms with Crippen molar-refractivity contribution in [1.29, 1.82) is 0 Å². The highest BCUT2D eigenvalue weighted by atomic mass is 16.5. The number of carbonyl (C=O) groups excluding carboxylic acids is 2. The zero-order chi connectivity index (χ0) is 23.1. The largest absolute Gasteiger partial charge is 0.371 e. The van der Waals surface area contributed by atoms with Crippen molar-refractivity contribution in [3.8, 4) is 0 Å². The normalized spacial score (nSPS) is 13.5. The van der Waals surface area contributed by atoms with Crippen molar-refractivity contribution in [2.24, 2.45) is 0 Å². The first-order valence-corrected chi connectivity index (χ1v) is 10.3. The zero-order valence-electron chi connectivity index (χ0n) is 19.4. The van der Waals surface area contributed by atoms with Gasteiger partial charge in [0.15, 0.2) is 23.0 Å². The van der Waals surface area contributed by atoms with Crippen LogP contribution in [-0.4, -0.2) is 70.3 Å². The summed E-state index contributed by atoms with van der Waals surface area (Å²) in [6, 6.07) is 0. The third-order valence-electron chi connectivity index (χ3n) is 5.10. The Morgan fingerprint density at radius 1 is 0.967 bits per heavy atom. The van der Waals surface area contributed by atoms with Crippen LogP contribution in [0.25, 0.3) is 0 Å². The van der Waals surface area contributed by atoms with E-state index in [0.717, 1.165) is 0 Å². The topological polar surface area (TPSA) is 132 Å². The first-order chi connectivity index (χ1) is 14.0. The van der Waals surface area contributed by atoms with E-state index in [2.05, 4.69) is 31.2 Å². The SMILES string of the molecule is CCNC(=O)c1nc(NC)c(C(=O)NC(C)(C)CC(C)(CC)N(O)CC)nc1NC. The molecule has 2 amide bonds. The van der Waals surface area contributed by atoms with E-state index in [9.17, 15) is 14.8 Å². The van der Waals surface area contributed by atoms with Gasteiger partial charge in [0.1, 0.15) is 0 Å². The third-order valence-corrected chi connectivity index (χ3v) is 5.10. The number of hydroxylamine groups is 2. The quantitative estimate of drug-likeness (QED) is 0.342. The van der Waals surface area contributed by atoms with Crippen LogP contribution < -0.4 is 21.3 Å². The number of nitrogens with one attached hydrogen (secondary N) is 4. The van der Waals surface area contributed by atoms with Crippen molar-refractivity contribution in [2.45, 2.75) is 65.5 Å². The third kappa shape index (κ3) is 6.02. The molecule has 30 heavy (non-hydrogen) atoms. The Bertz CT molecular complexity index is 754. The molecule has 0 aliphatic carbocycles. The maximum Gasteiger partial charge on any atom is 0.274 e. The minimum Gasteiger partial charge on any atom is -0.371 e. The molecule has 0 saturated heterocycles. The number of hydrogen-bond acceptors (Lipinski definition) is 8. The fourth-order valence-electron chi connectivity index (χ4n) is 3.49. The van der Waals surface area contributed by atoms with Crippen LogP contribution in [-0.2, 0) is 0 Å². The first kappa shape index (κ1) is 25.6. The summed E-state index contributed by atoms with van der Waals surface area (Å²) >= 11 is 0. The Morgan fingerprint density at radius 3 is 1.87 bits per heavy atom. The summed E-state index contributed by atoms with van der Waals surface area (Å²) in [5, 5.41) is 23.0. The van der Waals surface area contributed by atoms with Crippen molar-refractivity contribution >= 4 is 23.5 Å². The van der Waals surface area contributed by atoms with E-state index in [1.165, 1.54) is 5.06 Å². The maximum atomic E-state index is 13.1. The summed E-state index contributed by atoms with van der Waals surface area (Å²) in [6.07, 6.45) is 1.23. The predicted molar refractivity (Wildman–Crippen MR) is 118 cm³/mol. The molecule has 1 aromatic heterocycles. The zero-order valence-corrected chi connectivity index (χ0v) is 19.4. The second kappa shape index (κ2) is 10.5. The van der Waals surface area contributed by atoms with Crippen molar-refractivity contribution in [1.82, 2.24) is 25.7 Å². The second-order valence-corrected chi connectivity index (χ2v) is 8.06. The highest BCUT2D eigenvalue weighted by Crippen LogP contribution is 2.29. The summed E-state index contributed by atoms with van der Waals surface area (Å²) < 4.78 is 0. The van der Waals surface area contributed by atoms with Gasteiger partial charge in [-0.2, -0.15) is 5.06 Å². The van der Waals surface area contributed by atoms with E-state index in [-0.39, 0.29) is 28.9 Å². The van der Waals surface area contributed by atoms with Crippen molar-refractivity contribution in [3.05, 3.63) is 11.4 Å². The van der Waals surface area contributed by atoms with Gasteiger partial charge in [-0.05, 0) is 40.5 Å². The van der Waals surface area contributed by atoms with Gasteiger partial charge in [-0.1, -0.05) is 13.8 Å². The van der Waals surface area contributed by atoms with Gasteiger partial charge in [0.05, 0.1) is 0 Å². The minimum absolute atomic E-state index is 0.0810. The van der Waals surface area contributed by atoms with Crippen molar-refractivity contribution in [3.63, 3.8) is 0 Å². The molecule has 10 nitrogen and oxygen atoms in total. The van der Waals surface area contributed by atoms with Gasteiger partial charge in [-0.3, -0.25) is 9.59 Å². The average Bonchev–Trinajstić information content (AvgIpc) is 2.71. The molecule has 0 aliphatic heterocycles. The molecule has 0 radical (unpaired) electrons. The molecule has 0 spiro atoms. The number of anilines is 2. The minimum atomic E-state index is -0.636. The molecule has 0 fully saturated rings. The Hall–Kier alpha value is -2.46. The fraction of sp³-hybridized carbons (Fsp3) is 0.700. The number of carbonyl (C=O) groups is 2. The van der Waals surface area contributed by atoms with E-state index in [4.69, 9.17) is 0 Å². The van der Waals surface area contributed by atoms with Gasteiger partial charge in [-0.15, -0.1) is 0 Å². The van der Waals surface area contributed by atoms with E-state index in [1.54, 1.807) is 14.1 Å². The highest BCUT2D eigenvalue weighted by molar-refractivity contribution is 6.01. The molecule has 5 N–H and O–H groups in total. The van der Waals surface area contributed by atoms with Gasteiger partial charge in [0.2, 0.25) is 0 Å². The van der Waals surface area contributed by atoms with E-state index < -0.39 is 17.0 Å². The van der Waals surface area contributed by atoms with Crippen LogP contribution in [0.3, 0.4) is 0 Å². The summed E-state index contributed by atoms with van der Waals surface area (Å²) in [7, 11) is 3.23. The molecule has 0 aromatic carbocycles. The maximum absolute atomic E-state index is 13.1. The lowest BCUT2D eigenvalue weighted by molar-refractivity contribution is -0.173. The Balaban J connectivity index is 3.22. The van der Waals surface area contributed by atoms with Crippen LogP contribution in [0.15, 0.2) is 0 Å². The number of amides is 2. The number of rotatable bonds is 11. The van der Waals surface area contributed by atoms with Crippen LogP contribution in [0.2, 0.25) is 0 Å². The lowest BCUT2D eigenvalue weighted by Crippen LogP contribution is -2.54. The van der Waals surface area contributed by atoms with Gasteiger partial charge in [0, 0.05) is 38.3 Å². The van der Waals surface area contributed by atoms with Crippen LogP contribution in [0, 0.1) is 0 Å². The van der Waals surface area contributed by atoms with Gasteiger partial charge < -0.3 is 26.5 Å².